The van der Waals surface area contributed by atoms with Crippen molar-refractivity contribution >= 4 is 45.5 Å². The van der Waals surface area contributed by atoms with Crippen LogP contribution in [0.15, 0.2) is 28.7 Å². The first-order valence-corrected chi connectivity index (χ1v) is 8.52. The molecule has 1 atom stereocenters. The molecule has 0 saturated carbocycles. The van der Waals surface area contributed by atoms with Crippen LogP contribution in [0.4, 0.5) is 0 Å². The number of carboxylic acid groups (broad SMARTS) is 1. The number of nitrogens with zero attached hydrogens (tertiary/aromatic N) is 1. The van der Waals surface area contributed by atoms with Crippen LogP contribution in [0.2, 0.25) is 0 Å². The van der Waals surface area contributed by atoms with E-state index in [1.807, 2.05) is 0 Å². The maximum absolute atomic E-state index is 12.1. The van der Waals surface area contributed by atoms with Crippen LogP contribution in [0.25, 0.3) is 0 Å². The summed E-state index contributed by atoms with van der Waals surface area (Å²) in [7, 11) is 0. The summed E-state index contributed by atoms with van der Waals surface area (Å²) in [5, 5.41) is 11.7. The molecule has 0 radical (unpaired) electrons. The zero-order chi connectivity index (χ0) is 16.1. The molecule has 0 bridgehead atoms. The third-order valence-corrected chi connectivity index (χ3v) is 4.62. The van der Waals surface area contributed by atoms with Gasteiger partial charge in [0, 0.05) is 4.47 Å². The average Bonchev–Trinajstić information content (AvgIpc) is 2.84. The van der Waals surface area contributed by atoms with Gasteiger partial charge in [-0.3, -0.25) is 14.4 Å². The minimum atomic E-state index is -0.999. The Bertz CT molecular complexity index is 579. The molecule has 8 heteroatoms. The highest BCUT2D eigenvalue weighted by Gasteiger charge is 2.25. The molecule has 22 heavy (non-hydrogen) atoms. The number of carbonyl (C=O) groups is 3. The lowest BCUT2D eigenvalue weighted by Crippen LogP contribution is -2.40. The first kappa shape index (κ1) is 16.8. The fourth-order valence-corrected chi connectivity index (χ4v) is 3.24. The Morgan fingerprint density at radius 2 is 2.05 bits per heavy atom. The zero-order valence-electron chi connectivity index (χ0n) is 11.6. The van der Waals surface area contributed by atoms with Crippen molar-refractivity contribution in [2.45, 2.75) is 12.5 Å². The van der Waals surface area contributed by atoms with E-state index in [1.165, 1.54) is 16.7 Å². The summed E-state index contributed by atoms with van der Waals surface area (Å²) in [6.07, 6.45) is -0.212. The van der Waals surface area contributed by atoms with Gasteiger partial charge in [-0.1, -0.05) is 28.1 Å². The lowest BCUT2D eigenvalue weighted by Gasteiger charge is -2.20. The van der Waals surface area contributed by atoms with Gasteiger partial charge in [0.1, 0.15) is 6.54 Å². The average molecular weight is 387 g/mol. The monoisotopic (exact) mass is 386 g/mol. The standard InChI is InChI=1S/C14H15BrN2O4S/c15-10-3-1-9(2-4-10)11(5-14(20)21)16-12(18)6-17-8-22-7-13(17)19/h1-4,11H,5-8H2,(H,16,18)(H,20,21). The molecule has 2 rings (SSSR count). The molecule has 2 N–H and O–H groups in total. The van der Waals surface area contributed by atoms with Crippen LogP contribution in [-0.2, 0) is 14.4 Å². The normalized spacial score (nSPS) is 15.7. The van der Waals surface area contributed by atoms with E-state index in [2.05, 4.69) is 21.2 Å². The van der Waals surface area contributed by atoms with Crippen LogP contribution in [0, 0.1) is 0 Å². The molecule has 1 unspecified atom stereocenters. The van der Waals surface area contributed by atoms with Crippen molar-refractivity contribution < 1.29 is 19.5 Å². The minimum absolute atomic E-state index is 0.0432. The van der Waals surface area contributed by atoms with E-state index >= 15 is 0 Å². The van der Waals surface area contributed by atoms with Crippen molar-refractivity contribution in [2.24, 2.45) is 0 Å². The van der Waals surface area contributed by atoms with Crippen molar-refractivity contribution in [1.29, 1.82) is 0 Å². The first-order chi connectivity index (χ1) is 10.5. The molecular formula is C14H15BrN2O4S. The Morgan fingerprint density at radius 3 is 2.59 bits per heavy atom. The molecule has 118 valence electrons. The van der Waals surface area contributed by atoms with Gasteiger partial charge in [0.25, 0.3) is 0 Å². The number of aliphatic carboxylic acids is 1. The predicted molar refractivity (Wildman–Crippen MR) is 86.3 cm³/mol. The van der Waals surface area contributed by atoms with Gasteiger partial charge < -0.3 is 15.3 Å². The lowest BCUT2D eigenvalue weighted by molar-refractivity contribution is -0.138. The molecule has 1 saturated heterocycles. The van der Waals surface area contributed by atoms with Gasteiger partial charge in [-0.05, 0) is 17.7 Å². The lowest BCUT2D eigenvalue weighted by atomic mass is 10.0. The second kappa shape index (κ2) is 7.64. The van der Waals surface area contributed by atoms with Gasteiger partial charge in [-0.25, -0.2) is 0 Å². The molecule has 1 aromatic carbocycles. The van der Waals surface area contributed by atoms with E-state index in [9.17, 15) is 14.4 Å². The number of carboxylic acids is 1. The molecule has 1 aromatic rings. The van der Waals surface area contributed by atoms with Gasteiger partial charge in [0.15, 0.2) is 0 Å². The molecule has 0 aromatic heterocycles. The number of amides is 2. The second-order valence-corrected chi connectivity index (χ2v) is 6.71. The Hall–Kier alpha value is -1.54. The Kier molecular flexibility index (Phi) is 5.84. The Labute approximate surface area is 140 Å². The second-order valence-electron chi connectivity index (χ2n) is 4.84. The number of halogens is 1. The smallest absolute Gasteiger partial charge is 0.305 e. The van der Waals surface area contributed by atoms with Gasteiger partial charge >= 0.3 is 5.97 Å². The highest BCUT2D eigenvalue weighted by atomic mass is 79.9. The molecule has 1 aliphatic rings. The van der Waals surface area contributed by atoms with Crippen LogP contribution in [-0.4, -0.2) is 46.0 Å². The largest absolute Gasteiger partial charge is 0.481 e. The highest BCUT2D eigenvalue weighted by Crippen LogP contribution is 2.20. The fraction of sp³-hybridized carbons (Fsp3) is 0.357. The number of carbonyl (C=O) groups excluding carboxylic acids is 2. The van der Waals surface area contributed by atoms with E-state index < -0.39 is 12.0 Å². The maximum atomic E-state index is 12.1. The quantitative estimate of drug-likeness (QED) is 0.775. The molecule has 0 spiro atoms. The van der Waals surface area contributed by atoms with Crippen molar-refractivity contribution in [1.82, 2.24) is 10.2 Å². The van der Waals surface area contributed by atoms with Gasteiger partial charge in [0.2, 0.25) is 11.8 Å². The van der Waals surface area contributed by atoms with E-state index in [-0.39, 0.29) is 24.8 Å². The van der Waals surface area contributed by atoms with E-state index in [0.717, 1.165) is 4.47 Å². The minimum Gasteiger partial charge on any atom is -0.481 e. The van der Waals surface area contributed by atoms with Crippen LogP contribution in [0.5, 0.6) is 0 Å². The Morgan fingerprint density at radius 1 is 1.36 bits per heavy atom. The summed E-state index contributed by atoms with van der Waals surface area (Å²) in [5.41, 5.74) is 0.709. The molecule has 1 fully saturated rings. The van der Waals surface area contributed by atoms with Crippen molar-refractivity contribution in [3.63, 3.8) is 0 Å². The highest BCUT2D eigenvalue weighted by molar-refractivity contribution is 9.10. The SMILES string of the molecule is O=C(O)CC(NC(=O)CN1CSCC1=O)c1ccc(Br)cc1. The van der Waals surface area contributed by atoms with Crippen molar-refractivity contribution in [2.75, 3.05) is 18.2 Å². The number of hydrogen-bond donors (Lipinski definition) is 2. The van der Waals surface area contributed by atoms with E-state index in [4.69, 9.17) is 5.11 Å². The summed E-state index contributed by atoms with van der Waals surface area (Å²) in [4.78, 5) is 36.0. The third kappa shape index (κ3) is 4.74. The summed E-state index contributed by atoms with van der Waals surface area (Å²) in [6, 6.07) is 6.47. The number of benzene rings is 1. The molecule has 1 aliphatic heterocycles. The predicted octanol–water partition coefficient (Wildman–Crippen LogP) is 1.61. The molecular weight excluding hydrogens is 372 g/mol. The van der Waals surface area contributed by atoms with Crippen LogP contribution >= 0.6 is 27.7 Å². The van der Waals surface area contributed by atoms with Crippen LogP contribution < -0.4 is 5.32 Å². The van der Waals surface area contributed by atoms with Gasteiger partial charge in [-0.15, -0.1) is 11.8 Å². The molecule has 2 amide bonds. The number of thioether (sulfide) groups is 1. The number of hydrogen-bond acceptors (Lipinski definition) is 4. The summed E-state index contributed by atoms with van der Waals surface area (Å²) >= 11 is 4.77. The topological polar surface area (TPSA) is 86.7 Å². The molecule has 6 nitrogen and oxygen atoms in total. The third-order valence-electron chi connectivity index (χ3n) is 3.15. The maximum Gasteiger partial charge on any atom is 0.305 e. The molecule has 0 aliphatic carbocycles. The van der Waals surface area contributed by atoms with Gasteiger partial charge in [-0.2, -0.15) is 0 Å². The zero-order valence-corrected chi connectivity index (χ0v) is 14.0. The van der Waals surface area contributed by atoms with Crippen LogP contribution in [0.3, 0.4) is 0 Å². The summed E-state index contributed by atoms with van der Waals surface area (Å²) in [6.45, 7) is -0.0432. The summed E-state index contributed by atoms with van der Waals surface area (Å²) < 4.78 is 0.872. The fourth-order valence-electron chi connectivity index (χ4n) is 2.08. The molecule has 1 heterocycles. The van der Waals surface area contributed by atoms with Crippen molar-refractivity contribution in [3.05, 3.63) is 34.3 Å². The van der Waals surface area contributed by atoms with Crippen LogP contribution in [0.1, 0.15) is 18.0 Å². The van der Waals surface area contributed by atoms with Gasteiger partial charge in [0.05, 0.1) is 24.1 Å². The van der Waals surface area contributed by atoms with Crippen molar-refractivity contribution in [3.8, 4) is 0 Å². The first-order valence-electron chi connectivity index (χ1n) is 6.58. The Balaban J connectivity index is 2.02. The number of nitrogens with one attached hydrogen (secondary N) is 1. The number of rotatable bonds is 6. The van der Waals surface area contributed by atoms with E-state index in [0.29, 0.717) is 17.2 Å². The summed E-state index contributed by atoms with van der Waals surface area (Å²) in [5.74, 6) is -0.545. The van der Waals surface area contributed by atoms with E-state index in [1.54, 1.807) is 24.3 Å².